The zero-order valence-corrected chi connectivity index (χ0v) is 20.7. The molecule has 0 bridgehead atoms. The van der Waals surface area contributed by atoms with Crippen LogP contribution in [0.4, 0.5) is 0 Å². The number of carbonyl (C=O) groups is 1. The minimum absolute atomic E-state index is 0.0334. The van der Waals surface area contributed by atoms with Crippen LogP contribution in [0, 0.1) is 17.2 Å². The van der Waals surface area contributed by atoms with Crippen molar-refractivity contribution >= 4 is 39.2 Å². The third-order valence-electron chi connectivity index (χ3n) is 5.73. The Kier molecular flexibility index (Phi) is 6.87. The van der Waals surface area contributed by atoms with Crippen LogP contribution < -0.4 is 10.9 Å². The molecule has 0 aliphatic heterocycles. The smallest absolute Gasteiger partial charge is 0.267 e. The van der Waals surface area contributed by atoms with Crippen molar-refractivity contribution in [3.8, 4) is 22.2 Å². The van der Waals surface area contributed by atoms with Gasteiger partial charge in [0.1, 0.15) is 10.4 Å². The second-order valence-electron chi connectivity index (χ2n) is 8.37. The van der Waals surface area contributed by atoms with Crippen LogP contribution in [0.2, 0.25) is 0 Å². The lowest BCUT2D eigenvalue weighted by atomic mass is 9.90. The van der Waals surface area contributed by atoms with E-state index in [4.69, 9.17) is 4.98 Å². The number of hydrogen-bond acceptors (Lipinski definition) is 6. The van der Waals surface area contributed by atoms with Crippen molar-refractivity contribution in [3.63, 3.8) is 0 Å². The lowest BCUT2D eigenvalue weighted by Gasteiger charge is -2.27. The topological polar surface area (TPSA) is 87.8 Å². The van der Waals surface area contributed by atoms with Crippen molar-refractivity contribution in [2.45, 2.75) is 31.5 Å². The van der Waals surface area contributed by atoms with Gasteiger partial charge in [0.25, 0.3) is 5.56 Å². The second kappa shape index (κ2) is 9.84. The van der Waals surface area contributed by atoms with Gasteiger partial charge in [-0.05, 0) is 36.6 Å². The molecule has 0 aliphatic rings. The van der Waals surface area contributed by atoms with Crippen LogP contribution in [0.1, 0.15) is 20.8 Å². The van der Waals surface area contributed by atoms with E-state index in [2.05, 4.69) is 11.4 Å². The van der Waals surface area contributed by atoms with E-state index in [1.807, 2.05) is 80.6 Å². The third-order valence-corrected chi connectivity index (χ3v) is 7.74. The summed E-state index contributed by atoms with van der Waals surface area (Å²) < 4.78 is 1.55. The molecule has 2 aromatic heterocycles. The average Bonchev–Trinajstić information content (AvgIpc) is 3.28. The molecular formula is C26H24N4O2S2. The first-order valence-electron chi connectivity index (χ1n) is 10.8. The van der Waals surface area contributed by atoms with E-state index in [0.717, 1.165) is 10.4 Å². The summed E-state index contributed by atoms with van der Waals surface area (Å²) in [6.07, 6.45) is 0. The molecule has 0 saturated heterocycles. The molecule has 0 fully saturated rings. The number of nitrogens with one attached hydrogen (secondary N) is 1. The third kappa shape index (κ3) is 4.76. The summed E-state index contributed by atoms with van der Waals surface area (Å²) in [5.74, 6) is -0.301. The summed E-state index contributed by atoms with van der Waals surface area (Å²) in [5.41, 5.74) is 0.559. The highest BCUT2D eigenvalue weighted by Crippen LogP contribution is 2.32. The van der Waals surface area contributed by atoms with E-state index in [1.165, 1.54) is 23.1 Å². The Hall–Kier alpha value is -3.41. The highest BCUT2D eigenvalue weighted by atomic mass is 32.2. The van der Waals surface area contributed by atoms with Crippen molar-refractivity contribution in [1.29, 1.82) is 5.26 Å². The number of benzene rings is 2. The number of thioether (sulfide) groups is 1. The average molecular weight is 489 g/mol. The molecule has 0 aliphatic carbocycles. The van der Waals surface area contributed by atoms with Crippen LogP contribution in [0.3, 0.4) is 0 Å². The fourth-order valence-electron chi connectivity index (χ4n) is 3.37. The van der Waals surface area contributed by atoms with Gasteiger partial charge in [-0.2, -0.15) is 5.26 Å². The monoisotopic (exact) mass is 488 g/mol. The van der Waals surface area contributed by atoms with Crippen molar-refractivity contribution in [3.05, 3.63) is 77.1 Å². The molecule has 2 aromatic carbocycles. The number of para-hydroxylation sites is 1. The Balaban J connectivity index is 1.73. The lowest BCUT2D eigenvalue weighted by molar-refractivity contribution is -0.120. The number of nitriles is 1. The molecule has 172 valence electrons. The van der Waals surface area contributed by atoms with Gasteiger partial charge in [0.15, 0.2) is 5.16 Å². The first-order valence-corrected chi connectivity index (χ1v) is 12.6. The molecule has 1 N–H and O–H groups in total. The summed E-state index contributed by atoms with van der Waals surface area (Å²) in [5, 5.41) is 13.3. The van der Waals surface area contributed by atoms with Gasteiger partial charge in [-0.1, -0.05) is 74.1 Å². The SMILES string of the molecule is CC(C)C(C)(C#N)NC(=O)CSc1nc2sc(-c3ccccc3)cc2c(=O)n1-c1ccccc1. The lowest BCUT2D eigenvalue weighted by Crippen LogP contribution is -2.49. The number of nitrogens with zero attached hydrogens (tertiary/aromatic N) is 3. The number of rotatable bonds is 7. The van der Waals surface area contributed by atoms with Gasteiger partial charge in [0.05, 0.1) is 22.9 Å². The van der Waals surface area contributed by atoms with Crippen molar-refractivity contribution in [2.75, 3.05) is 5.75 Å². The maximum Gasteiger partial charge on any atom is 0.267 e. The van der Waals surface area contributed by atoms with E-state index < -0.39 is 5.54 Å². The molecule has 0 spiro atoms. The molecule has 4 aromatic rings. The van der Waals surface area contributed by atoms with Gasteiger partial charge >= 0.3 is 0 Å². The second-order valence-corrected chi connectivity index (χ2v) is 10.3. The molecule has 0 saturated carbocycles. The standard InChI is InChI=1S/C26H24N4O2S2/c1-17(2)26(3,16-27)29-22(31)15-33-25-28-23-20(14-21(34-23)18-10-6-4-7-11-18)24(32)30(25)19-12-8-5-9-13-19/h4-14,17H,15H2,1-3H3,(H,29,31). The Morgan fingerprint density at radius 2 is 1.82 bits per heavy atom. The van der Waals surface area contributed by atoms with E-state index in [9.17, 15) is 14.9 Å². The Labute approximate surface area is 206 Å². The fraction of sp³-hybridized carbons (Fsp3) is 0.231. The van der Waals surface area contributed by atoms with E-state index in [0.29, 0.717) is 21.1 Å². The first-order chi connectivity index (χ1) is 16.3. The molecule has 8 heteroatoms. The zero-order valence-electron chi connectivity index (χ0n) is 19.1. The highest BCUT2D eigenvalue weighted by molar-refractivity contribution is 7.99. The number of amides is 1. The van der Waals surface area contributed by atoms with Crippen molar-refractivity contribution < 1.29 is 4.79 Å². The minimum Gasteiger partial charge on any atom is -0.337 e. The number of carbonyl (C=O) groups excluding carboxylic acids is 1. The van der Waals surface area contributed by atoms with E-state index in [-0.39, 0.29) is 23.1 Å². The van der Waals surface area contributed by atoms with Crippen LogP contribution in [0.25, 0.3) is 26.3 Å². The summed E-state index contributed by atoms with van der Waals surface area (Å²) in [6.45, 7) is 5.49. The first kappa shape index (κ1) is 23.7. The van der Waals surface area contributed by atoms with E-state index in [1.54, 1.807) is 11.5 Å². The molecular weight excluding hydrogens is 464 g/mol. The summed E-state index contributed by atoms with van der Waals surface area (Å²) in [7, 11) is 0. The fourth-order valence-corrected chi connectivity index (χ4v) is 5.26. The van der Waals surface area contributed by atoms with Crippen molar-refractivity contribution in [2.24, 2.45) is 5.92 Å². The predicted octanol–water partition coefficient (Wildman–Crippen LogP) is 5.26. The molecule has 34 heavy (non-hydrogen) atoms. The highest BCUT2D eigenvalue weighted by Gasteiger charge is 2.30. The van der Waals surface area contributed by atoms with Crippen LogP contribution in [0.5, 0.6) is 0 Å². The maximum atomic E-state index is 13.6. The van der Waals surface area contributed by atoms with Gasteiger partial charge in [0, 0.05) is 4.88 Å². The number of thiophene rings is 1. The Morgan fingerprint density at radius 1 is 1.18 bits per heavy atom. The van der Waals surface area contributed by atoms with Crippen LogP contribution in [-0.4, -0.2) is 26.8 Å². The number of aromatic nitrogens is 2. The summed E-state index contributed by atoms with van der Waals surface area (Å²) in [6, 6.07) is 23.2. The molecule has 0 radical (unpaired) electrons. The molecule has 1 atom stereocenters. The van der Waals surface area contributed by atoms with Gasteiger partial charge in [0.2, 0.25) is 5.91 Å². The number of fused-ring (bicyclic) bond motifs is 1. The van der Waals surface area contributed by atoms with Crippen LogP contribution >= 0.6 is 23.1 Å². The molecule has 6 nitrogen and oxygen atoms in total. The summed E-state index contributed by atoms with van der Waals surface area (Å²) in [4.78, 5) is 32.6. The van der Waals surface area contributed by atoms with Gasteiger partial charge in [-0.15, -0.1) is 11.3 Å². The van der Waals surface area contributed by atoms with Gasteiger partial charge in [-0.3, -0.25) is 14.2 Å². The predicted molar refractivity (Wildman–Crippen MR) is 138 cm³/mol. The van der Waals surface area contributed by atoms with Crippen LogP contribution in [-0.2, 0) is 4.79 Å². The maximum absolute atomic E-state index is 13.6. The number of hydrogen-bond donors (Lipinski definition) is 1. The molecule has 1 unspecified atom stereocenters. The molecule has 1 amide bonds. The quantitative estimate of drug-likeness (QED) is 0.283. The van der Waals surface area contributed by atoms with Crippen molar-refractivity contribution in [1.82, 2.24) is 14.9 Å². The van der Waals surface area contributed by atoms with Crippen LogP contribution in [0.15, 0.2) is 76.7 Å². The molecule has 2 heterocycles. The molecule has 4 rings (SSSR count). The normalized spacial score (nSPS) is 12.9. The Morgan fingerprint density at radius 3 is 2.44 bits per heavy atom. The Bertz CT molecular complexity index is 1420. The minimum atomic E-state index is -0.966. The van der Waals surface area contributed by atoms with Gasteiger partial charge < -0.3 is 5.32 Å². The zero-order chi connectivity index (χ0) is 24.3. The summed E-state index contributed by atoms with van der Waals surface area (Å²) >= 11 is 2.64. The van der Waals surface area contributed by atoms with E-state index >= 15 is 0 Å². The largest absolute Gasteiger partial charge is 0.337 e. The van der Waals surface area contributed by atoms with Gasteiger partial charge in [-0.25, -0.2) is 4.98 Å².